The quantitative estimate of drug-likeness (QED) is 0.786. The lowest BCUT2D eigenvalue weighted by molar-refractivity contribution is -0.138. The van der Waals surface area contributed by atoms with Crippen LogP contribution in [-0.4, -0.2) is 28.6 Å². The molecule has 1 unspecified atom stereocenters. The van der Waals surface area contributed by atoms with Crippen molar-refractivity contribution in [3.05, 3.63) is 28.7 Å². The van der Waals surface area contributed by atoms with Crippen molar-refractivity contribution in [1.82, 2.24) is 5.32 Å². The highest BCUT2D eigenvalue weighted by Gasteiger charge is 2.25. The Hall–Kier alpha value is -1.56. The van der Waals surface area contributed by atoms with E-state index < -0.39 is 17.6 Å². The van der Waals surface area contributed by atoms with Crippen LogP contribution in [0.5, 0.6) is 5.75 Å². The SMILES string of the molecule is CC(Oc1cccc(Br)c1)C(=O)NC(C)(C)CCC(=O)O. The number of hydrogen-bond acceptors (Lipinski definition) is 3. The number of rotatable bonds is 7. The van der Waals surface area contributed by atoms with Gasteiger partial charge in [0, 0.05) is 16.4 Å². The summed E-state index contributed by atoms with van der Waals surface area (Å²) in [5, 5.41) is 11.5. The molecule has 1 aromatic carbocycles. The van der Waals surface area contributed by atoms with E-state index in [1.807, 2.05) is 12.1 Å². The smallest absolute Gasteiger partial charge is 0.303 e. The van der Waals surface area contributed by atoms with Gasteiger partial charge >= 0.3 is 5.97 Å². The highest BCUT2D eigenvalue weighted by atomic mass is 79.9. The van der Waals surface area contributed by atoms with Crippen LogP contribution in [0.25, 0.3) is 0 Å². The summed E-state index contributed by atoms with van der Waals surface area (Å²) < 4.78 is 6.44. The highest BCUT2D eigenvalue weighted by Crippen LogP contribution is 2.19. The molecule has 0 saturated heterocycles. The van der Waals surface area contributed by atoms with Crippen molar-refractivity contribution in [2.24, 2.45) is 0 Å². The molecule has 5 nitrogen and oxygen atoms in total. The Morgan fingerprint density at radius 2 is 2.10 bits per heavy atom. The molecule has 0 radical (unpaired) electrons. The number of amides is 1. The van der Waals surface area contributed by atoms with E-state index in [1.54, 1.807) is 32.9 Å². The van der Waals surface area contributed by atoms with Crippen molar-refractivity contribution in [3.63, 3.8) is 0 Å². The molecule has 0 fully saturated rings. The second-order valence-electron chi connectivity index (χ2n) is 5.48. The number of benzene rings is 1. The first kappa shape index (κ1) is 17.5. The fourth-order valence-electron chi connectivity index (χ4n) is 1.72. The molecule has 1 atom stereocenters. The second kappa shape index (κ2) is 7.45. The van der Waals surface area contributed by atoms with E-state index in [0.29, 0.717) is 12.2 Å². The zero-order valence-electron chi connectivity index (χ0n) is 12.4. The van der Waals surface area contributed by atoms with Gasteiger partial charge in [-0.05, 0) is 45.4 Å². The van der Waals surface area contributed by atoms with Crippen LogP contribution in [0.2, 0.25) is 0 Å². The van der Waals surface area contributed by atoms with Gasteiger partial charge in [0.05, 0.1) is 0 Å². The third kappa shape index (κ3) is 6.62. The molecule has 0 aliphatic rings. The van der Waals surface area contributed by atoms with Gasteiger partial charge in [-0.3, -0.25) is 9.59 Å². The highest BCUT2D eigenvalue weighted by molar-refractivity contribution is 9.10. The summed E-state index contributed by atoms with van der Waals surface area (Å²) >= 11 is 3.34. The Balaban J connectivity index is 2.56. The van der Waals surface area contributed by atoms with Gasteiger partial charge in [-0.25, -0.2) is 0 Å². The fraction of sp³-hybridized carbons (Fsp3) is 0.467. The molecule has 0 saturated carbocycles. The number of ether oxygens (including phenoxy) is 1. The van der Waals surface area contributed by atoms with Crippen molar-refractivity contribution in [2.45, 2.75) is 45.3 Å². The minimum absolute atomic E-state index is 0.00809. The lowest BCUT2D eigenvalue weighted by atomic mass is 9.98. The Morgan fingerprint density at radius 1 is 1.43 bits per heavy atom. The monoisotopic (exact) mass is 357 g/mol. The van der Waals surface area contributed by atoms with Crippen LogP contribution in [0.4, 0.5) is 0 Å². The average molecular weight is 358 g/mol. The predicted molar refractivity (Wildman–Crippen MR) is 83.3 cm³/mol. The molecule has 2 N–H and O–H groups in total. The van der Waals surface area contributed by atoms with Gasteiger partial charge in [-0.1, -0.05) is 22.0 Å². The zero-order chi connectivity index (χ0) is 16.0. The molecule has 0 aliphatic carbocycles. The summed E-state index contributed by atoms with van der Waals surface area (Å²) in [4.78, 5) is 22.7. The van der Waals surface area contributed by atoms with E-state index in [4.69, 9.17) is 9.84 Å². The first-order valence-electron chi connectivity index (χ1n) is 6.66. The maximum Gasteiger partial charge on any atom is 0.303 e. The van der Waals surface area contributed by atoms with Crippen LogP contribution in [-0.2, 0) is 9.59 Å². The largest absolute Gasteiger partial charge is 0.481 e. The van der Waals surface area contributed by atoms with Crippen LogP contribution < -0.4 is 10.1 Å². The van der Waals surface area contributed by atoms with Crippen LogP contribution in [0.15, 0.2) is 28.7 Å². The molecule has 0 aromatic heterocycles. The van der Waals surface area contributed by atoms with Crippen LogP contribution >= 0.6 is 15.9 Å². The fourth-order valence-corrected chi connectivity index (χ4v) is 2.09. The van der Waals surface area contributed by atoms with Crippen LogP contribution in [0, 0.1) is 0 Å². The standard InChI is InChI=1S/C15H20BrNO4/c1-10(21-12-6-4-5-11(16)9-12)14(20)17-15(2,3)8-7-13(18)19/h4-6,9-10H,7-8H2,1-3H3,(H,17,20)(H,18,19). The van der Waals surface area contributed by atoms with Gasteiger partial charge in [-0.2, -0.15) is 0 Å². The molecule has 0 bridgehead atoms. The molecule has 116 valence electrons. The summed E-state index contributed by atoms with van der Waals surface area (Å²) in [5.74, 6) is -0.559. The number of hydrogen-bond donors (Lipinski definition) is 2. The average Bonchev–Trinajstić information content (AvgIpc) is 2.36. The number of halogens is 1. The Kier molecular flexibility index (Phi) is 6.20. The summed E-state index contributed by atoms with van der Waals surface area (Å²) in [7, 11) is 0. The minimum Gasteiger partial charge on any atom is -0.481 e. The summed E-state index contributed by atoms with van der Waals surface area (Å²) in [6, 6.07) is 7.23. The van der Waals surface area contributed by atoms with Gasteiger partial charge < -0.3 is 15.2 Å². The van der Waals surface area contributed by atoms with E-state index in [0.717, 1.165) is 4.47 Å². The second-order valence-corrected chi connectivity index (χ2v) is 6.40. The molecular formula is C15H20BrNO4. The van der Waals surface area contributed by atoms with Crippen LogP contribution in [0.3, 0.4) is 0 Å². The van der Waals surface area contributed by atoms with Gasteiger partial charge in [0.2, 0.25) is 0 Å². The molecule has 1 amide bonds. The molecule has 1 rings (SSSR count). The van der Waals surface area contributed by atoms with E-state index in [9.17, 15) is 9.59 Å². The first-order chi connectivity index (χ1) is 9.69. The third-order valence-electron chi connectivity index (χ3n) is 2.90. The molecular weight excluding hydrogens is 338 g/mol. The summed E-state index contributed by atoms with van der Waals surface area (Å²) in [6.07, 6.45) is -0.297. The topological polar surface area (TPSA) is 75.6 Å². The molecule has 0 heterocycles. The first-order valence-corrected chi connectivity index (χ1v) is 7.45. The number of carbonyl (C=O) groups excluding carboxylic acids is 1. The molecule has 1 aromatic rings. The molecule has 0 aliphatic heterocycles. The number of carboxylic acid groups (broad SMARTS) is 1. The lowest BCUT2D eigenvalue weighted by Crippen LogP contribution is -2.48. The molecule has 0 spiro atoms. The van der Waals surface area contributed by atoms with Crippen molar-refractivity contribution < 1.29 is 19.4 Å². The lowest BCUT2D eigenvalue weighted by Gasteiger charge is -2.27. The summed E-state index contributed by atoms with van der Waals surface area (Å²) in [5.41, 5.74) is -0.593. The van der Waals surface area contributed by atoms with E-state index in [2.05, 4.69) is 21.2 Å². The maximum absolute atomic E-state index is 12.1. The minimum atomic E-state index is -0.879. The van der Waals surface area contributed by atoms with Gasteiger partial charge in [0.15, 0.2) is 6.10 Å². The molecule has 6 heteroatoms. The third-order valence-corrected chi connectivity index (χ3v) is 3.40. The van der Waals surface area contributed by atoms with Gasteiger partial charge in [0.1, 0.15) is 5.75 Å². The number of carbonyl (C=O) groups is 2. The van der Waals surface area contributed by atoms with Gasteiger partial charge in [-0.15, -0.1) is 0 Å². The van der Waals surface area contributed by atoms with Crippen molar-refractivity contribution in [1.29, 1.82) is 0 Å². The zero-order valence-corrected chi connectivity index (χ0v) is 13.9. The van der Waals surface area contributed by atoms with Crippen LogP contribution in [0.1, 0.15) is 33.6 Å². The van der Waals surface area contributed by atoms with Crippen molar-refractivity contribution in [2.75, 3.05) is 0 Å². The Labute approximate surface area is 132 Å². The van der Waals surface area contributed by atoms with Gasteiger partial charge in [0.25, 0.3) is 5.91 Å². The number of aliphatic carboxylic acids is 1. The number of carboxylic acids is 1. The predicted octanol–water partition coefficient (Wildman–Crippen LogP) is 2.98. The maximum atomic E-state index is 12.1. The Morgan fingerprint density at radius 3 is 2.67 bits per heavy atom. The normalized spacial score (nSPS) is 12.6. The number of nitrogens with one attached hydrogen (secondary N) is 1. The van der Waals surface area contributed by atoms with Crippen molar-refractivity contribution in [3.8, 4) is 5.75 Å². The van der Waals surface area contributed by atoms with E-state index in [1.165, 1.54) is 0 Å². The Bertz CT molecular complexity index is 516. The summed E-state index contributed by atoms with van der Waals surface area (Å²) in [6.45, 7) is 5.24. The van der Waals surface area contributed by atoms with Crippen molar-refractivity contribution >= 4 is 27.8 Å². The van der Waals surface area contributed by atoms with E-state index in [-0.39, 0.29) is 12.3 Å². The molecule has 21 heavy (non-hydrogen) atoms. The van der Waals surface area contributed by atoms with E-state index >= 15 is 0 Å².